The van der Waals surface area contributed by atoms with Crippen LogP contribution >= 0.6 is 45.1 Å². The molecule has 0 amide bonds. The molecular weight excluding hydrogens is 561 g/mol. The molecule has 2 aromatic heterocycles. The fourth-order valence-corrected chi connectivity index (χ4v) is 6.81. The summed E-state index contributed by atoms with van der Waals surface area (Å²) in [6.45, 7) is -0.642. The van der Waals surface area contributed by atoms with Crippen molar-refractivity contribution in [1.29, 1.82) is 0 Å². The van der Waals surface area contributed by atoms with Crippen LogP contribution < -0.4 is 5.73 Å². The molecule has 0 aliphatic carbocycles. The number of fused-ring (bicyclic) bond motifs is 1. The summed E-state index contributed by atoms with van der Waals surface area (Å²) < 4.78 is 59.7. The van der Waals surface area contributed by atoms with Gasteiger partial charge in [-0.2, -0.15) is 8.62 Å². The van der Waals surface area contributed by atoms with E-state index in [1.54, 1.807) is 10.6 Å². The molecule has 1 aliphatic heterocycles. The summed E-state index contributed by atoms with van der Waals surface area (Å²) in [6, 6.07) is 1.59. The van der Waals surface area contributed by atoms with Crippen LogP contribution in [-0.2, 0) is 36.3 Å². The third-order valence-corrected chi connectivity index (χ3v) is 9.52. The second-order valence-electron chi connectivity index (χ2n) is 6.58. The van der Waals surface area contributed by atoms with E-state index in [4.69, 9.17) is 29.5 Å². The number of nitrogen functional groups attached to an aromatic ring is 1. The van der Waals surface area contributed by atoms with E-state index in [1.165, 1.54) is 34.1 Å². The lowest BCUT2D eigenvalue weighted by molar-refractivity contribution is -0.0522. The summed E-state index contributed by atoms with van der Waals surface area (Å²) in [7, 11) is -13.6. The molecule has 0 aromatic carbocycles. The van der Waals surface area contributed by atoms with Gasteiger partial charge in [-0.05, 0) is 12.3 Å². The van der Waals surface area contributed by atoms with Crippen molar-refractivity contribution in [1.82, 2.24) is 14.5 Å². The molecule has 3 rings (SSSR count). The Bertz CT molecular complexity index is 1150. The summed E-state index contributed by atoms with van der Waals surface area (Å²) >= 11 is 0. The van der Waals surface area contributed by atoms with Gasteiger partial charge in [-0.25, -0.2) is 23.7 Å². The highest BCUT2D eigenvalue weighted by molar-refractivity contribution is 8.76. The first-order valence-electron chi connectivity index (χ1n) is 9.08. The number of phosphoric acid groups is 3. The molecule has 2 aromatic rings. The molecule has 0 saturated carbocycles. The van der Waals surface area contributed by atoms with Crippen LogP contribution in [0.3, 0.4) is 0 Å². The number of phosphoric ester groups is 1. The predicted octanol–water partition coefficient (Wildman–Crippen LogP) is 2.00. The maximum atomic E-state index is 12.1. The minimum Gasteiger partial charge on any atom is -0.397 e. The third kappa shape index (κ3) is 7.72. The first kappa shape index (κ1) is 28.0. The number of pyridine rings is 1. The van der Waals surface area contributed by atoms with E-state index >= 15 is 0 Å². The molecule has 16 nitrogen and oxygen atoms in total. The first-order valence-corrected chi connectivity index (χ1v) is 16.3. The van der Waals surface area contributed by atoms with Gasteiger partial charge in [0.15, 0.2) is 5.65 Å². The van der Waals surface area contributed by atoms with Crippen molar-refractivity contribution in [3.05, 3.63) is 18.6 Å². The van der Waals surface area contributed by atoms with E-state index in [1.807, 2.05) is 6.26 Å². The van der Waals surface area contributed by atoms with Crippen molar-refractivity contribution >= 4 is 61.9 Å². The largest absolute Gasteiger partial charge is 0.490 e. The number of nitrogens with two attached hydrogens (primary N) is 1. The Morgan fingerprint density at radius 2 is 1.94 bits per heavy atom. The third-order valence-electron chi connectivity index (χ3n) is 4.25. The zero-order valence-electron chi connectivity index (χ0n) is 17.2. The lowest BCUT2D eigenvalue weighted by atomic mass is 10.2. The number of hydrogen-bond acceptors (Lipinski definition) is 13. The second kappa shape index (κ2) is 11.2. The van der Waals surface area contributed by atoms with Gasteiger partial charge in [-0.1, -0.05) is 21.6 Å². The molecule has 1 aliphatic rings. The second-order valence-corrected chi connectivity index (χ2v) is 13.5. The van der Waals surface area contributed by atoms with E-state index in [-0.39, 0.29) is 12.4 Å². The predicted molar refractivity (Wildman–Crippen MR) is 121 cm³/mol. The van der Waals surface area contributed by atoms with Gasteiger partial charge in [0.25, 0.3) is 0 Å². The summed E-state index contributed by atoms with van der Waals surface area (Å²) in [4.78, 5) is 44.7. The molecular formula is C13H21N4O12P3S2. The maximum Gasteiger partial charge on any atom is 0.490 e. The molecule has 34 heavy (non-hydrogen) atoms. The maximum absolute atomic E-state index is 12.1. The lowest BCUT2D eigenvalue weighted by Gasteiger charge is -2.21. The molecule has 1 saturated heterocycles. The highest BCUT2D eigenvalue weighted by Crippen LogP contribution is 2.66. The smallest absolute Gasteiger partial charge is 0.397 e. The minimum absolute atomic E-state index is 0.254. The van der Waals surface area contributed by atoms with E-state index in [2.05, 4.69) is 18.6 Å². The van der Waals surface area contributed by atoms with Crippen LogP contribution in [0.2, 0.25) is 0 Å². The van der Waals surface area contributed by atoms with Gasteiger partial charge in [-0.15, -0.1) is 0 Å². The zero-order valence-corrected chi connectivity index (χ0v) is 21.5. The Kier molecular flexibility index (Phi) is 9.26. The van der Waals surface area contributed by atoms with Crippen LogP contribution in [0.15, 0.2) is 18.6 Å². The summed E-state index contributed by atoms with van der Waals surface area (Å²) in [5.41, 5.74) is 7.22. The molecule has 192 valence electrons. The normalized spacial score (nSPS) is 24.8. The molecule has 0 radical (unpaired) electrons. The van der Waals surface area contributed by atoms with Gasteiger partial charge in [-0.3, -0.25) is 9.09 Å². The number of rotatable bonds is 12. The average Bonchev–Trinajstić information content (AvgIpc) is 3.28. The van der Waals surface area contributed by atoms with Gasteiger partial charge >= 0.3 is 23.5 Å². The number of aromatic nitrogens is 3. The fraction of sp³-hybridized carbons (Fsp3) is 0.538. The number of anilines is 1. The molecule has 0 spiro atoms. The average molecular weight is 582 g/mol. The first-order chi connectivity index (χ1) is 15.8. The van der Waals surface area contributed by atoms with Crippen molar-refractivity contribution in [2.75, 3.05) is 24.5 Å². The van der Waals surface area contributed by atoms with Gasteiger partial charge < -0.3 is 34.8 Å². The van der Waals surface area contributed by atoms with E-state index < -0.39 is 48.5 Å². The van der Waals surface area contributed by atoms with Gasteiger partial charge in [0.05, 0.1) is 24.7 Å². The summed E-state index contributed by atoms with van der Waals surface area (Å²) in [5.74, 6) is 0.254. The highest BCUT2D eigenvalue weighted by atomic mass is 33.1. The number of imidazole rings is 1. The van der Waals surface area contributed by atoms with Crippen LogP contribution in [0.4, 0.5) is 5.69 Å². The van der Waals surface area contributed by atoms with Crippen LogP contribution in [-0.4, -0.2) is 65.1 Å². The van der Waals surface area contributed by atoms with Gasteiger partial charge in [0.1, 0.15) is 23.8 Å². The number of ether oxygens (including phenoxy) is 2. The fourth-order valence-electron chi connectivity index (χ4n) is 2.99. The highest BCUT2D eigenvalue weighted by Gasteiger charge is 2.43. The summed E-state index contributed by atoms with van der Waals surface area (Å²) in [5, 5.41) is 0. The van der Waals surface area contributed by atoms with Crippen molar-refractivity contribution in [3.8, 4) is 0 Å². The molecule has 1 fully saturated rings. The van der Waals surface area contributed by atoms with E-state index in [0.29, 0.717) is 16.9 Å². The lowest BCUT2D eigenvalue weighted by Crippen LogP contribution is -2.28. The number of nitrogens with zero attached hydrogens (tertiary/aromatic N) is 3. The monoisotopic (exact) mass is 582 g/mol. The molecule has 0 bridgehead atoms. The van der Waals surface area contributed by atoms with Crippen LogP contribution in [0.5, 0.6) is 0 Å². The Morgan fingerprint density at radius 1 is 1.21 bits per heavy atom. The van der Waals surface area contributed by atoms with Crippen molar-refractivity contribution in [2.24, 2.45) is 0 Å². The Labute approximate surface area is 200 Å². The Balaban J connectivity index is 1.71. The van der Waals surface area contributed by atoms with Crippen molar-refractivity contribution in [3.63, 3.8) is 0 Å². The van der Waals surface area contributed by atoms with Crippen LogP contribution in [0.1, 0.15) is 12.6 Å². The SMILES string of the molecule is CSSCO[C@H]1C[C@H](n2cnc3c(N)ccnc32)O[C@@H]1COP(=O)(O)OP(=O)(O)OP(=O)(O)O. The molecule has 6 N–H and O–H groups in total. The molecule has 3 heterocycles. The quantitative estimate of drug-likeness (QED) is 0.104. The molecule has 21 heteroatoms. The van der Waals surface area contributed by atoms with Crippen molar-refractivity contribution in [2.45, 2.75) is 24.9 Å². The Morgan fingerprint density at radius 3 is 2.62 bits per heavy atom. The van der Waals surface area contributed by atoms with E-state index in [9.17, 15) is 23.5 Å². The minimum atomic E-state index is -5.63. The molecule has 2 unspecified atom stereocenters. The van der Waals surface area contributed by atoms with Crippen LogP contribution in [0, 0.1) is 0 Å². The Hall–Kier alpha value is -0.550. The summed E-state index contributed by atoms with van der Waals surface area (Å²) in [6.07, 6.45) is 2.83. The zero-order chi connectivity index (χ0) is 25.1. The van der Waals surface area contributed by atoms with Crippen LogP contribution in [0.25, 0.3) is 11.2 Å². The van der Waals surface area contributed by atoms with E-state index in [0.717, 1.165) is 0 Å². The van der Waals surface area contributed by atoms with Gasteiger partial charge in [0, 0.05) is 12.6 Å². The van der Waals surface area contributed by atoms with Gasteiger partial charge in [0.2, 0.25) is 0 Å². The van der Waals surface area contributed by atoms with Crippen molar-refractivity contribution < 1.29 is 55.9 Å². The topological polar surface area (TPSA) is 235 Å². The number of hydrogen-bond donors (Lipinski definition) is 5. The molecule has 5 atom stereocenters. The standard InChI is InChI=1S/C13H21N4O12P3S2/c1-33-34-7-25-9-4-11(17-6-16-12-8(14)2-3-15-13(12)17)27-10(9)5-26-31(21,22)29-32(23,24)28-30(18,19)20/h2-3,6,9-11H,4-5,7H2,1H3,(H2,14,15)(H,21,22)(H,23,24)(H2,18,19,20)/t9-,10+,11+/m0/s1.